The lowest BCUT2D eigenvalue weighted by Gasteiger charge is -2.36. The van der Waals surface area contributed by atoms with Crippen molar-refractivity contribution in [2.24, 2.45) is 0 Å². The summed E-state index contributed by atoms with van der Waals surface area (Å²) in [5.41, 5.74) is 1.40. The summed E-state index contributed by atoms with van der Waals surface area (Å²) < 4.78 is 0. The molecule has 2 N–H and O–H groups in total. The van der Waals surface area contributed by atoms with E-state index < -0.39 is 0 Å². The molecule has 0 bridgehead atoms. The Bertz CT molecular complexity index is 313. The van der Waals surface area contributed by atoms with E-state index in [1.165, 1.54) is 5.56 Å². The second-order valence-electron chi connectivity index (χ2n) is 4.64. The van der Waals surface area contributed by atoms with Crippen LogP contribution in [0.2, 0.25) is 0 Å². The van der Waals surface area contributed by atoms with E-state index in [2.05, 4.69) is 40.5 Å². The molecule has 0 saturated carbocycles. The van der Waals surface area contributed by atoms with Crippen molar-refractivity contribution in [3.8, 4) is 0 Å². The van der Waals surface area contributed by atoms with Crippen molar-refractivity contribution in [3.63, 3.8) is 0 Å². The highest BCUT2D eigenvalue weighted by atomic mass is 16.3. The molecule has 0 aliphatic carbocycles. The summed E-state index contributed by atoms with van der Waals surface area (Å²) in [6.45, 7) is 4.55. The molecule has 0 radical (unpaired) electrons. The van der Waals surface area contributed by atoms with Crippen molar-refractivity contribution in [2.75, 3.05) is 32.8 Å². The third kappa shape index (κ3) is 3.80. The SMILES string of the molecule is OCC[C@H]1CNCCN1CCc1ccccc1. The Morgan fingerprint density at radius 3 is 2.88 bits per heavy atom. The molecular weight excluding hydrogens is 212 g/mol. The highest BCUT2D eigenvalue weighted by Crippen LogP contribution is 2.09. The number of aliphatic hydroxyl groups is 1. The molecule has 2 rings (SSSR count). The zero-order valence-electron chi connectivity index (χ0n) is 10.3. The molecule has 94 valence electrons. The summed E-state index contributed by atoms with van der Waals surface area (Å²) in [7, 11) is 0. The van der Waals surface area contributed by atoms with Gasteiger partial charge in [-0.1, -0.05) is 30.3 Å². The van der Waals surface area contributed by atoms with Crippen LogP contribution < -0.4 is 5.32 Å². The fourth-order valence-electron chi connectivity index (χ4n) is 2.45. The number of rotatable bonds is 5. The van der Waals surface area contributed by atoms with Gasteiger partial charge >= 0.3 is 0 Å². The second-order valence-corrected chi connectivity index (χ2v) is 4.64. The van der Waals surface area contributed by atoms with Gasteiger partial charge in [-0.25, -0.2) is 0 Å². The Morgan fingerprint density at radius 2 is 2.12 bits per heavy atom. The van der Waals surface area contributed by atoms with Crippen LogP contribution in [0.15, 0.2) is 30.3 Å². The van der Waals surface area contributed by atoms with Gasteiger partial charge in [-0.3, -0.25) is 4.90 Å². The average molecular weight is 234 g/mol. The number of aliphatic hydroxyl groups excluding tert-OH is 1. The standard InChI is InChI=1S/C14H22N2O/c17-11-7-14-12-15-8-10-16(14)9-6-13-4-2-1-3-5-13/h1-5,14-15,17H,6-12H2/t14-/m0/s1. The lowest BCUT2D eigenvalue weighted by Crippen LogP contribution is -2.52. The molecule has 1 heterocycles. The minimum atomic E-state index is 0.286. The molecule has 0 spiro atoms. The molecule has 1 aliphatic heterocycles. The first-order chi connectivity index (χ1) is 8.40. The lowest BCUT2D eigenvalue weighted by atomic mass is 10.1. The van der Waals surface area contributed by atoms with Crippen LogP contribution in [0.4, 0.5) is 0 Å². The van der Waals surface area contributed by atoms with Gasteiger partial charge in [-0.15, -0.1) is 0 Å². The lowest BCUT2D eigenvalue weighted by molar-refractivity contribution is 0.132. The Kier molecular flexibility index (Phi) is 4.98. The van der Waals surface area contributed by atoms with Crippen molar-refractivity contribution in [1.29, 1.82) is 0 Å². The number of piperazine rings is 1. The maximum atomic E-state index is 9.07. The Balaban J connectivity index is 1.84. The van der Waals surface area contributed by atoms with Crippen LogP contribution in [0.5, 0.6) is 0 Å². The van der Waals surface area contributed by atoms with E-state index in [1.54, 1.807) is 0 Å². The molecule has 3 nitrogen and oxygen atoms in total. The molecule has 3 heteroatoms. The molecule has 1 atom stereocenters. The molecule has 1 aromatic carbocycles. The molecule has 17 heavy (non-hydrogen) atoms. The van der Waals surface area contributed by atoms with E-state index in [4.69, 9.17) is 5.11 Å². The van der Waals surface area contributed by atoms with Gasteiger partial charge in [-0.2, -0.15) is 0 Å². The average Bonchev–Trinajstić information content (AvgIpc) is 2.39. The van der Waals surface area contributed by atoms with Crippen LogP contribution in [0.3, 0.4) is 0 Å². The Hall–Kier alpha value is -0.900. The topological polar surface area (TPSA) is 35.5 Å². The van der Waals surface area contributed by atoms with Gasteiger partial charge in [0, 0.05) is 38.8 Å². The molecule has 1 saturated heterocycles. The Labute approximate surface area is 103 Å². The predicted octanol–water partition coefficient (Wildman–Crippen LogP) is 0.885. The highest BCUT2D eigenvalue weighted by molar-refractivity contribution is 5.14. The highest BCUT2D eigenvalue weighted by Gasteiger charge is 2.20. The molecule has 1 aliphatic rings. The minimum Gasteiger partial charge on any atom is -0.396 e. The van der Waals surface area contributed by atoms with E-state index in [-0.39, 0.29) is 6.61 Å². The molecular formula is C14H22N2O. The summed E-state index contributed by atoms with van der Waals surface area (Å²) in [6, 6.07) is 11.1. The first kappa shape index (κ1) is 12.6. The van der Waals surface area contributed by atoms with Crippen LogP contribution in [0.25, 0.3) is 0 Å². The minimum absolute atomic E-state index is 0.286. The first-order valence-electron chi connectivity index (χ1n) is 6.49. The van der Waals surface area contributed by atoms with Crippen LogP contribution in [-0.4, -0.2) is 48.8 Å². The fourth-order valence-corrected chi connectivity index (χ4v) is 2.45. The van der Waals surface area contributed by atoms with Crippen molar-refractivity contribution >= 4 is 0 Å². The number of hydrogen-bond acceptors (Lipinski definition) is 3. The summed E-state index contributed by atoms with van der Waals surface area (Å²) in [6.07, 6.45) is 1.98. The van der Waals surface area contributed by atoms with Gasteiger partial charge in [0.15, 0.2) is 0 Å². The second kappa shape index (κ2) is 6.74. The van der Waals surface area contributed by atoms with Gasteiger partial charge in [0.05, 0.1) is 0 Å². The summed E-state index contributed by atoms with van der Waals surface area (Å²) in [5, 5.41) is 12.5. The molecule has 0 aromatic heterocycles. The van der Waals surface area contributed by atoms with E-state index in [0.717, 1.165) is 39.0 Å². The number of nitrogens with zero attached hydrogens (tertiary/aromatic N) is 1. The monoisotopic (exact) mass is 234 g/mol. The largest absolute Gasteiger partial charge is 0.396 e. The molecule has 0 amide bonds. The van der Waals surface area contributed by atoms with Crippen LogP contribution in [0.1, 0.15) is 12.0 Å². The van der Waals surface area contributed by atoms with Crippen molar-refractivity contribution in [1.82, 2.24) is 10.2 Å². The van der Waals surface area contributed by atoms with E-state index in [9.17, 15) is 0 Å². The van der Waals surface area contributed by atoms with Gasteiger partial charge in [0.2, 0.25) is 0 Å². The van der Waals surface area contributed by atoms with Crippen molar-refractivity contribution < 1.29 is 5.11 Å². The van der Waals surface area contributed by atoms with Gasteiger partial charge in [0.25, 0.3) is 0 Å². The normalized spacial score (nSPS) is 21.6. The van der Waals surface area contributed by atoms with Gasteiger partial charge < -0.3 is 10.4 Å². The summed E-state index contributed by atoms with van der Waals surface area (Å²) in [5.74, 6) is 0. The number of nitrogens with one attached hydrogen (secondary N) is 1. The third-order valence-electron chi connectivity index (χ3n) is 3.46. The third-order valence-corrected chi connectivity index (χ3v) is 3.46. The van der Waals surface area contributed by atoms with E-state index >= 15 is 0 Å². The molecule has 1 fully saturated rings. The molecule has 1 aromatic rings. The first-order valence-corrected chi connectivity index (χ1v) is 6.49. The number of benzene rings is 1. The van der Waals surface area contributed by atoms with Crippen LogP contribution >= 0.6 is 0 Å². The van der Waals surface area contributed by atoms with E-state index in [0.29, 0.717) is 6.04 Å². The Morgan fingerprint density at radius 1 is 1.29 bits per heavy atom. The fraction of sp³-hybridized carbons (Fsp3) is 0.571. The quantitative estimate of drug-likeness (QED) is 0.794. The van der Waals surface area contributed by atoms with Crippen LogP contribution in [0, 0.1) is 0 Å². The zero-order chi connectivity index (χ0) is 11.9. The maximum Gasteiger partial charge on any atom is 0.0446 e. The van der Waals surface area contributed by atoms with E-state index in [1.807, 2.05) is 0 Å². The summed E-state index contributed by atoms with van der Waals surface area (Å²) in [4.78, 5) is 2.50. The van der Waals surface area contributed by atoms with Crippen molar-refractivity contribution in [3.05, 3.63) is 35.9 Å². The smallest absolute Gasteiger partial charge is 0.0446 e. The zero-order valence-corrected chi connectivity index (χ0v) is 10.3. The van der Waals surface area contributed by atoms with Gasteiger partial charge in [-0.05, 0) is 18.4 Å². The summed E-state index contributed by atoms with van der Waals surface area (Å²) >= 11 is 0. The predicted molar refractivity (Wildman–Crippen MR) is 70.1 cm³/mol. The maximum absolute atomic E-state index is 9.07. The van der Waals surface area contributed by atoms with Crippen LogP contribution in [-0.2, 0) is 6.42 Å². The van der Waals surface area contributed by atoms with Crippen molar-refractivity contribution in [2.45, 2.75) is 18.9 Å². The number of hydrogen-bond donors (Lipinski definition) is 2. The van der Waals surface area contributed by atoms with Gasteiger partial charge in [0.1, 0.15) is 0 Å². The molecule has 0 unspecified atom stereocenters.